The van der Waals surface area contributed by atoms with Crippen molar-refractivity contribution in [1.29, 1.82) is 0 Å². The summed E-state index contributed by atoms with van der Waals surface area (Å²) in [5.74, 6) is 0.174. The number of aryl methyl sites for hydroxylation is 2. The zero-order valence-corrected chi connectivity index (χ0v) is 10.6. The maximum absolute atomic E-state index is 11.8. The summed E-state index contributed by atoms with van der Waals surface area (Å²) in [5, 5.41) is 4.78. The third kappa shape index (κ3) is 2.59. The molecule has 84 valence electrons. The van der Waals surface area contributed by atoms with Crippen LogP contribution in [-0.2, 0) is 18.3 Å². The monoisotopic (exact) mass is 228 g/mol. The molecule has 0 aliphatic rings. The van der Waals surface area contributed by atoms with Gasteiger partial charge in [0.15, 0.2) is 0 Å². The first-order chi connectivity index (χ1) is 6.73. The predicted molar refractivity (Wildman–Crippen MR) is 61.1 cm³/mol. The molecule has 0 N–H and O–H groups in total. The Kier molecular flexibility index (Phi) is 3.24. The Morgan fingerprint density at radius 1 is 1.47 bits per heavy atom. The summed E-state index contributed by atoms with van der Waals surface area (Å²) >= 11 is 6.07. The highest BCUT2D eigenvalue weighted by atomic mass is 35.5. The second-order valence-electron chi connectivity index (χ2n) is 4.82. The Balaban J connectivity index is 2.95. The quantitative estimate of drug-likeness (QED) is 0.780. The van der Waals surface area contributed by atoms with Crippen LogP contribution in [-0.4, -0.2) is 15.6 Å². The minimum absolute atomic E-state index is 0.174. The highest BCUT2D eigenvalue weighted by Gasteiger charge is 2.24. The first kappa shape index (κ1) is 12.2. The summed E-state index contributed by atoms with van der Waals surface area (Å²) in [6.45, 7) is 7.57. The van der Waals surface area contributed by atoms with Crippen molar-refractivity contribution in [3.63, 3.8) is 0 Å². The molecule has 0 amide bonds. The van der Waals surface area contributed by atoms with Crippen molar-refractivity contribution in [2.45, 2.75) is 34.1 Å². The number of carbonyl (C=O) groups is 1. The fraction of sp³-hybridized carbons (Fsp3) is 0.636. The molecular formula is C11H17ClN2O. The lowest BCUT2D eigenvalue weighted by molar-refractivity contribution is -0.125. The van der Waals surface area contributed by atoms with Gasteiger partial charge in [-0.25, -0.2) is 0 Å². The van der Waals surface area contributed by atoms with Gasteiger partial charge in [-0.15, -0.1) is 0 Å². The number of ketones is 1. The van der Waals surface area contributed by atoms with E-state index in [0.29, 0.717) is 11.4 Å². The maximum atomic E-state index is 11.8. The minimum Gasteiger partial charge on any atom is -0.299 e. The van der Waals surface area contributed by atoms with E-state index >= 15 is 0 Å². The number of rotatable bonds is 2. The molecule has 1 heterocycles. The Hall–Kier alpha value is -0.830. The maximum Gasteiger partial charge on any atom is 0.144 e. The van der Waals surface area contributed by atoms with Crippen LogP contribution in [0.1, 0.15) is 32.2 Å². The molecule has 0 aliphatic heterocycles. The molecular weight excluding hydrogens is 212 g/mol. The lowest BCUT2D eigenvalue weighted by Crippen LogP contribution is -2.23. The summed E-state index contributed by atoms with van der Waals surface area (Å²) < 4.78 is 1.68. The average molecular weight is 229 g/mol. The Morgan fingerprint density at radius 2 is 2.00 bits per heavy atom. The van der Waals surface area contributed by atoms with Gasteiger partial charge in [0.25, 0.3) is 0 Å². The van der Waals surface area contributed by atoms with E-state index in [-0.39, 0.29) is 11.2 Å². The SMILES string of the molecule is Cc1nn(C)c(CC(=O)C(C)(C)C)c1Cl. The van der Waals surface area contributed by atoms with Gasteiger partial charge in [-0.05, 0) is 6.92 Å². The summed E-state index contributed by atoms with van der Waals surface area (Å²) in [6.07, 6.45) is 0.347. The smallest absolute Gasteiger partial charge is 0.144 e. The number of halogens is 1. The van der Waals surface area contributed by atoms with Gasteiger partial charge < -0.3 is 0 Å². The highest BCUT2D eigenvalue weighted by molar-refractivity contribution is 6.32. The van der Waals surface area contributed by atoms with Crippen molar-refractivity contribution < 1.29 is 4.79 Å². The van der Waals surface area contributed by atoms with Crippen LogP contribution in [0.25, 0.3) is 0 Å². The lowest BCUT2D eigenvalue weighted by Gasteiger charge is -2.16. The minimum atomic E-state index is -0.332. The molecule has 0 atom stereocenters. The van der Waals surface area contributed by atoms with Gasteiger partial charge in [-0.3, -0.25) is 9.48 Å². The number of hydrogen-bond donors (Lipinski definition) is 0. The molecule has 1 rings (SSSR count). The van der Waals surface area contributed by atoms with Crippen molar-refractivity contribution in [3.05, 3.63) is 16.4 Å². The van der Waals surface area contributed by atoms with Crippen LogP contribution in [0.5, 0.6) is 0 Å². The van der Waals surface area contributed by atoms with E-state index < -0.39 is 0 Å². The Labute approximate surface area is 95.4 Å². The van der Waals surface area contributed by atoms with E-state index in [2.05, 4.69) is 5.10 Å². The van der Waals surface area contributed by atoms with Gasteiger partial charge in [0.2, 0.25) is 0 Å². The summed E-state index contributed by atoms with van der Waals surface area (Å²) in [5.41, 5.74) is 1.24. The second-order valence-corrected chi connectivity index (χ2v) is 5.20. The zero-order chi connectivity index (χ0) is 11.8. The van der Waals surface area contributed by atoms with E-state index in [9.17, 15) is 4.79 Å². The standard InChI is InChI=1S/C11H17ClN2O/c1-7-10(12)8(14(5)13-7)6-9(15)11(2,3)4/h6H2,1-5H3. The molecule has 0 fully saturated rings. The van der Waals surface area contributed by atoms with Gasteiger partial charge in [-0.1, -0.05) is 32.4 Å². The first-order valence-electron chi connectivity index (χ1n) is 4.94. The lowest BCUT2D eigenvalue weighted by atomic mass is 9.88. The molecule has 0 saturated carbocycles. The van der Waals surface area contributed by atoms with Crippen molar-refractivity contribution in [2.75, 3.05) is 0 Å². The first-order valence-corrected chi connectivity index (χ1v) is 5.32. The van der Waals surface area contributed by atoms with E-state index in [4.69, 9.17) is 11.6 Å². The van der Waals surface area contributed by atoms with Crippen molar-refractivity contribution >= 4 is 17.4 Å². The molecule has 0 aliphatic carbocycles. The van der Waals surface area contributed by atoms with Crippen LogP contribution in [0.2, 0.25) is 5.02 Å². The molecule has 4 heteroatoms. The van der Waals surface area contributed by atoms with Crippen molar-refractivity contribution in [1.82, 2.24) is 9.78 Å². The van der Waals surface area contributed by atoms with Gasteiger partial charge in [0, 0.05) is 12.5 Å². The Morgan fingerprint density at radius 3 is 2.33 bits per heavy atom. The topological polar surface area (TPSA) is 34.9 Å². The summed E-state index contributed by atoms with van der Waals surface area (Å²) in [7, 11) is 1.81. The molecule has 1 aromatic rings. The summed E-state index contributed by atoms with van der Waals surface area (Å²) in [6, 6.07) is 0. The van der Waals surface area contributed by atoms with Crippen LogP contribution in [0.4, 0.5) is 0 Å². The third-order valence-electron chi connectivity index (χ3n) is 2.43. The predicted octanol–water partition coefficient (Wildman–Crippen LogP) is 2.54. The fourth-order valence-corrected chi connectivity index (χ4v) is 1.52. The number of hydrogen-bond acceptors (Lipinski definition) is 2. The molecule has 0 unspecified atom stereocenters. The van der Waals surface area contributed by atoms with Crippen LogP contribution < -0.4 is 0 Å². The zero-order valence-electron chi connectivity index (χ0n) is 9.89. The molecule has 0 bridgehead atoms. The third-order valence-corrected chi connectivity index (χ3v) is 2.92. The molecule has 0 radical (unpaired) electrons. The molecule has 15 heavy (non-hydrogen) atoms. The number of carbonyl (C=O) groups excluding carboxylic acids is 1. The Bertz CT molecular complexity index is 388. The number of Topliss-reactive ketones (excluding diaryl/α,β-unsaturated/α-hetero) is 1. The van der Waals surface area contributed by atoms with E-state index in [0.717, 1.165) is 11.4 Å². The largest absolute Gasteiger partial charge is 0.299 e. The second kappa shape index (κ2) is 3.97. The molecule has 1 aromatic heterocycles. The van der Waals surface area contributed by atoms with Gasteiger partial charge in [-0.2, -0.15) is 5.10 Å². The van der Waals surface area contributed by atoms with Crippen LogP contribution in [0.15, 0.2) is 0 Å². The molecule has 0 spiro atoms. The number of nitrogens with zero attached hydrogens (tertiary/aromatic N) is 2. The highest BCUT2D eigenvalue weighted by Crippen LogP contribution is 2.24. The van der Waals surface area contributed by atoms with Crippen LogP contribution >= 0.6 is 11.6 Å². The van der Waals surface area contributed by atoms with Crippen molar-refractivity contribution in [3.8, 4) is 0 Å². The van der Waals surface area contributed by atoms with E-state index in [1.54, 1.807) is 4.68 Å². The molecule has 3 nitrogen and oxygen atoms in total. The van der Waals surface area contributed by atoms with E-state index in [1.807, 2.05) is 34.7 Å². The van der Waals surface area contributed by atoms with Gasteiger partial charge in [0.05, 0.1) is 22.8 Å². The normalized spacial score (nSPS) is 11.9. The summed E-state index contributed by atoms with van der Waals surface area (Å²) in [4.78, 5) is 11.8. The average Bonchev–Trinajstić information content (AvgIpc) is 2.30. The number of aromatic nitrogens is 2. The fourth-order valence-electron chi connectivity index (χ4n) is 1.29. The molecule has 0 aromatic carbocycles. The van der Waals surface area contributed by atoms with Crippen molar-refractivity contribution in [2.24, 2.45) is 12.5 Å². The molecule has 0 saturated heterocycles. The van der Waals surface area contributed by atoms with Gasteiger partial charge >= 0.3 is 0 Å². The van der Waals surface area contributed by atoms with Gasteiger partial charge in [0.1, 0.15) is 5.78 Å². The van der Waals surface area contributed by atoms with Crippen LogP contribution in [0, 0.1) is 12.3 Å². The van der Waals surface area contributed by atoms with E-state index in [1.165, 1.54) is 0 Å². The van der Waals surface area contributed by atoms with Crippen LogP contribution in [0.3, 0.4) is 0 Å².